The standard InChI is InChI=1S/C32H22BrCl2N3O4/c1-2-40-28-14-20(13-25(33)30(28)41-18-19-7-9-22(34)10-8-19)17-36-38-31(37-26-6-4-3-5-24(26)32(38)39)29-16-21-15-23(35)11-12-27(21)42-29/h3-17H,2,18H2,1H3. The Balaban J connectivity index is 1.40. The second-order valence-corrected chi connectivity index (χ2v) is 11.0. The molecule has 6 aromatic rings. The smallest absolute Gasteiger partial charge is 0.282 e. The van der Waals surface area contributed by atoms with E-state index in [1.54, 1.807) is 54.7 Å². The van der Waals surface area contributed by atoms with Gasteiger partial charge in [-0.3, -0.25) is 4.79 Å². The predicted molar refractivity (Wildman–Crippen MR) is 170 cm³/mol. The molecule has 0 aliphatic carbocycles. The number of benzene rings is 4. The number of nitrogens with zero attached hydrogens (tertiary/aromatic N) is 3. The first-order valence-electron chi connectivity index (χ1n) is 13.0. The lowest BCUT2D eigenvalue weighted by atomic mass is 10.2. The summed E-state index contributed by atoms with van der Waals surface area (Å²) in [6.07, 6.45) is 1.57. The summed E-state index contributed by atoms with van der Waals surface area (Å²) in [6.45, 7) is 2.65. The molecule has 7 nitrogen and oxygen atoms in total. The number of rotatable bonds is 8. The van der Waals surface area contributed by atoms with E-state index in [9.17, 15) is 4.79 Å². The van der Waals surface area contributed by atoms with E-state index in [0.29, 0.717) is 67.0 Å². The summed E-state index contributed by atoms with van der Waals surface area (Å²) in [7, 11) is 0. The molecule has 210 valence electrons. The van der Waals surface area contributed by atoms with Crippen LogP contribution < -0.4 is 15.0 Å². The largest absolute Gasteiger partial charge is 0.490 e. The fourth-order valence-electron chi connectivity index (χ4n) is 4.44. The van der Waals surface area contributed by atoms with E-state index in [1.165, 1.54) is 4.68 Å². The van der Waals surface area contributed by atoms with E-state index < -0.39 is 0 Å². The van der Waals surface area contributed by atoms with E-state index in [0.717, 1.165) is 10.9 Å². The molecule has 2 heterocycles. The molecule has 0 saturated carbocycles. The summed E-state index contributed by atoms with van der Waals surface area (Å²) in [5.74, 6) is 1.72. The molecular weight excluding hydrogens is 641 g/mol. The van der Waals surface area contributed by atoms with Crippen molar-refractivity contribution < 1.29 is 13.9 Å². The van der Waals surface area contributed by atoms with E-state index in [4.69, 9.17) is 42.1 Å². The molecule has 0 radical (unpaired) electrons. The van der Waals surface area contributed by atoms with Gasteiger partial charge < -0.3 is 13.9 Å². The van der Waals surface area contributed by atoms with Crippen LogP contribution in [0.4, 0.5) is 0 Å². The van der Waals surface area contributed by atoms with Gasteiger partial charge in [0.15, 0.2) is 17.3 Å². The van der Waals surface area contributed by atoms with Crippen molar-refractivity contribution in [1.29, 1.82) is 0 Å². The van der Waals surface area contributed by atoms with Crippen molar-refractivity contribution in [3.05, 3.63) is 121 Å². The SMILES string of the molecule is CCOc1cc(C=Nn2c(-c3cc4cc(Cl)ccc4o3)nc3ccccc3c2=O)cc(Br)c1OCc1ccc(Cl)cc1. The number of para-hydroxylation sites is 1. The van der Waals surface area contributed by atoms with Crippen molar-refractivity contribution in [1.82, 2.24) is 9.66 Å². The third kappa shape index (κ3) is 5.79. The zero-order chi connectivity index (χ0) is 29.2. The minimum absolute atomic E-state index is 0.259. The molecule has 0 unspecified atom stereocenters. The zero-order valence-electron chi connectivity index (χ0n) is 22.2. The fourth-order valence-corrected chi connectivity index (χ4v) is 5.32. The Morgan fingerprint density at radius 1 is 0.976 bits per heavy atom. The maximum absolute atomic E-state index is 13.6. The van der Waals surface area contributed by atoms with Crippen LogP contribution in [0.2, 0.25) is 10.0 Å². The molecule has 42 heavy (non-hydrogen) atoms. The molecule has 6 rings (SSSR count). The molecule has 2 aromatic heterocycles. The predicted octanol–water partition coefficient (Wildman–Crippen LogP) is 8.74. The average molecular weight is 663 g/mol. The number of halogens is 3. The third-order valence-electron chi connectivity index (χ3n) is 6.40. The van der Waals surface area contributed by atoms with Gasteiger partial charge in [0.1, 0.15) is 12.2 Å². The highest BCUT2D eigenvalue weighted by Gasteiger charge is 2.17. The van der Waals surface area contributed by atoms with Crippen molar-refractivity contribution in [2.75, 3.05) is 6.61 Å². The summed E-state index contributed by atoms with van der Waals surface area (Å²) in [4.78, 5) is 18.4. The van der Waals surface area contributed by atoms with E-state index in [1.807, 2.05) is 43.3 Å². The van der Waals surface area contributed by atoms with Gasteiger partial charge in [-0.25, -0.2) is 4.98 Å². The number of fused-ring (bicyclic) bond motifs is 2. The van der Waals surface area contributed by atoms with Gasteiger partial charge in [0, 0.05) is 15.4 Å². The first-order chi connectivity index (χ1) is 20.4. The van der Waals surface area contributed by atoms with Crippen LogP contribution in [-0.4, -0.2) is 22.5 Å². The van der Waals surface area contributed by atoms with Crippen molar-refractivity contribution in [3.63, 3.8) is 0 Å². The van der Waals surface area contributed by atoms with Gasteiger partial charge in [-0.05, 0) is 94.6 Å². The van der Waals surface area contributed by atoms with Crippen molar-refractivity contribution in [2.45, 2.75) is 13.5 Å². The lowest BCUT2D eigenvalue weighted by molar-refractivity contribution is 0.267. The number of furan rings is 1. The molecule has 0 bridgehead atoms. The number of hydrogen-bond donors (Lipinski definition) is 0. The Bertz CT molecular complexity index is 2020. The van der Waals surface area contributed by atoms with Crippen LogP contribution in [-0.2, 0) is 6.61 Å². The van der Waals surface area contributed by atoms with Crippen LogP contribution in [0.25, 0.3) is 33.5 Å². The van der Waals surface area contributed by atoms with Crippen molar-refractivity contribution in [3.8, 4) is 23.1 Å². The van der Waals surface area contributed by atoms with Gasteiger partial charge in [-0.15, -0.1) is 0 Å². The van der Waals surface area contributed by atoms with Crippen LogP contribution >= 0.6 is 39.1 Å². The fraction of sp³-hybridized carbons (Fsp3) is 0.0938. The molecule has 0 aliphatic rings. The maximum atomic E-state index is 13.6. The number of aromatic nitrogens is 2. The van der Waals surface area contributed by atoms with Gasteiger partial charge in [-0.2, -0.15) is 9.78 Å². The molecule has 0 aliphatic heterocycles. The highest BCUT2D eigenvalue weighted by molar-refractivity contribution is 9.10. The van der Waals surface area contributed by atoms with Gasteiger partial charge in [0.05, 0.1) is 28.2 Å². The Kier molecular flexibility index (Phi) is 8.02. The van der Waals surface area contributed by atoms with Crippen LogP contribution in [0.5, 0.6) is 11.5 Å². The van der Waals surface area contributed by atoms with Crippen LogP contribution in [0.15, 0.2) is 104 Å². The summed E-state index contributed by atoms with van der Waals surface area (Å²) in [5, 5.41) is 7.02. The Hall–Kier alpha value is -4.11. The highest BCUT2D eigenvalue weighted by Crippen LogP contribution is 2.37. The minimum atomic E-state index is -0.336. The maximum Gasteiger partial charge on any atom is 0.282 e. The Labute approximate surface area is 259 Å². The molecule has 0 fully saturated rings. The van der Waals surface area contributed by atoms with Gasteiger partial charge >= 0.3 is 0 Å². The second kappa shape index (κ2) is 12.0. The molecule has 10 heteroatoms. The quantitative estimate of drug-likeness (QED) is 0.152. The second-order valence-electron chi connectivity index (χ2n) is 9.29. The Morgan fingerprint density at radius 2 is 1.76 bits per heavy atom. The van der Waals surface area contributed by atoms with Crippen LogP contribution in [0.3, 0.4) is 0 Å². The molecule has 0 saturated heterocycles. The summed E-state index contributed by atoms with van der Waals surface area (Å²) in [6, 6.07) is 25.3. The first-order valence-corrected chi connectivity index (χ1v) is 14.5. The van der Waals surface area contributed by atoms with Gasteiger partial charge in [-0.1, -0.05) is 47.5 Å². The van der Waals surface area contributed by atoms with E-state index >= 15 is 0 Å². The zero-order valence-corrected chi connectivity index (χ0v) is 25.3. The third-order valence-corrected chi connectivity index (χ3v) is 7.48. The number of hydrogen-bond acceptors (Lipinski definition) is 6. The average Bonchev–Trinajstić information content (AvgIpc) is 3.40. The summed E-state index contributed by atoms with van der Waals surface area (Å²) in [5.41, 5.74) is 2.45. The van der Waals surface area contributed by atoms with Gasteiger partial charge in [0.2, 0.25) is 5.82 Å². The lowest BCUT2D eigenvalue weighted by Gasteiger charge is -2.15. The topological polar surface area (TPSA) is 78.9 Å². The summed E-state index contributed by atoms with van der Waals surface area (Å²) < 4.78 is 20.0. The number of ether oxygens (including phenoxy) is 2. The Morgan fingerprint density at radius 3 is 2.57 bits per heavy atom. The summed E-state index contributed by atoms with van der Waals surface area (Å²) >= 11 is 15.8. The van der Waals surface area contributed by atoms with E-state index in [-0.39, 0.29) is 11.4 Å². The van der Waals surface area contributed by atoms with Crippen LogP contribution in [0.1, 0.15) is 18.1 Å². The normalized spacial score (nSPS) is 11.5. The highest BCUT2D eigenvalue weighted by atomic mass is 79.9. The monoisotopic (exact) mass is 661 g/mol. The van der Waals surface area contributed by atoms with Crippen LogP contribution in [0, 0.1) is 0 Å². The molecule has 0 amide bonds. The first kappa shape index (κ1) is 28.0. The molecule has 0 spiro atoms. The molecule has 0 atom stereocenters. The molecule has 0 N–H and O–H groups in total. The lowest BCUT2D eigenvalue weighted by Crippen LogP contribution is -2.20. The molecular formula is C32H22BrCl2N3O4. The van der Waals surface area contributed by atoms with Crippen molar-refractivity contribution in [2.24, 2.45) is 5.10 Å². The molecule has 4 aromatic carbocycles. The van der Waals surface area contributed by atoms with E-state index in [2.05, 4.69) is 21.0 Å². The van der Waals surface area contributed by atoms with Crippen molar-refractivity contribution >= 4 is 67.2 Å². The van der Waals surface area contributed by atoms with Gasteiger partial charge in [0.25, 0.3) is 5.56 Å². The minimum Gasteiger partial charge on any atom is -0.490 e.